The molecule has 0 unspecified atom stereocenters. The van der Waals surface area contributed by atoms with Crippen molar-refractivity contribution in [2.45, 2.75) is 0 Å². The molecule has 0 aliphatic rings. The molecule has 2 amide bonds. The molecule has 3 rings (SSSR count). The summed E-state index contributed by atoms with van der Waals surface area (Å²) in [5.74, 6) is -1.57. The second-order valence-electron chi connectivity index (χ2n) is 5.42. The molecular formula is C18H14BrN3O4S. The summed E-state index contributed by atoms with van der Waals surface area (Å²) in [5, 5.41) is 5.06. The number of benzene rings is 2. The van der Waals surface area contributed by atoms with Crippen molar-refractivity contribution < 1.29 is 19.1 Å². The lowest BCUT2D eigenvalue weighted by Gasteiger charge is -2.09. The summed E-state index contributed by atoms with van der Waals surface area (Å²) in [5.41, 5.74) is 3.42. The van der Waals surface area contributed by atoms with Crippen LogP contribution in [0.1, 0.15) is 10.4 Å². The van der Waals surface area contributed by atoms with Crippen LogP contribution in [0.2, 0.25) is 0 Å². The third kappa shape index (κ3) is 5.11. The molecule has 3 aromatic rings. The number of carbonyl (C=O) groups is 3. The number of amides is 2. The molecule has 9 heteroatoms. The minimum absolute atomic E-state index is 0.232. The van der Waals surface area contributed by atoms with Gasteiger partial charge in [0.25, 0.3) is 5.91 Å². The number of halogens is 1. The number of anilines is 1. The zero-order valence-corrected chi connectivity index (χ0v) is 16.3. The van der Waals surface area contributed by atoms with Crippen molar-refractivity contribution in [1.29, 1.82) is 0 Å². The van der Waals surface area contributed by atoms with E-state index >= 15 is 0 Å². The van der Waals surface area contributed by atoms with Crippen LogP contribution in [0.3, 0.4) is 0 Å². The smallest absolute Gasteiger partial charge is 0.338 e. The van der Waals surface area contributed by atoms with Crippen LogP contribution in [-0.4, -0.2) is 35.9 Å². The molecule has 138 valence electrons. The standard InChI is InChI=1S/C18H14BrN3O4S/c19-12-3-1-2-4-13(12)22-16(23)8-20-17(24)9-26-18(25)11-5-6-14-15(7-11)27-10-21-14/h1-7,10H,8-9H2,(H,20,24)(H,22,23). The molecule has 2 N–H and O–H groups in total. The highest BCUT2D eigenvalue weighted by molar-refractivity contribution is 9.10. The van der Waals surface area contributed by atoms with Crippen molar-refractivity contribution in [2.24, 2.45) is 0 Å². The molecule has 0 saturated heterocycles. The number of esters is 1. The molecule has 0 bridgehead atoms. The highest BCUT2D eigenvalue weighted by Gasteiger charge is 2.12. The zero-order chi connectivity index (χ0) is 19.2. The number of nitrogens with zero attached hydrogens (tertiary/aromatic N) is 1. The molecule has 27 heavy (non-hydrogen) atoms. The second-order valence-corrected chi connectivity index (χ2v) is 7.16. The zero-order valence-electron chi connectivity index (χ0n) is 13.9. The van der Waals surface area contributed by atoms with Crippen LogP contribution < -0.4 is 10.6 Å². The predicted molar refractivity (Wildman–Crippen MR) is 106 cm³/mol. The van der Waals surface area contributed by atoms with Gasteiger partial charge in [-0.25, -0.2) is 9.78 Å². The van der Waals surface area contributed by atoms with E-state index in [0.29, 0.717) is 11.3 Å². The Bertz CT molecular complexity index is 1000. The first-order valence-electron chi connectivity index (χ1n) is 7.84. The predicted octanol–water partition coefficient (Wildman–Crippen LogP) is 2.97. The summed E-state index contributed by atoms with van der Waals surface area (Å²) in [6.45, 7) is -0.702. The maximum absolute atomic E-state index is 12.0. The number of carbonyl (C=O) groups excluding carboxylic acids is 3. The van der Waals surface area contributed by atoms with Crippen LogP contribution in [0, 0.1) is 0 Å². The lowest BCUT2D eigenvalue weighted by molar-refractivity contribution is -0.126. The van der Waals surface area contributed by atoms with Crippen LogP contribution in [0.4, 0.5) is 5.69 Å². The van der Waals surface area contributed by atoms with Crippen LogP contribution in [0.15, 0.2) is 52.4 Å². The lowest BCUT2D eigenvalue weighted by atomic mass is 10.2. The molecule has 0 radical (unpaired) electrons. The Balaban J connectivity index is 1.44. The molecule has 0 spiro atoms. The average molecular weight is 448 g/mol. The van der Waals surface area contributed by atoms with Crippen molar-refractivity contribution in [3.63, 3.8) is 0 Å². The maximum Gasteiger partial charge on any atom is 0.338 e. The average Bonchev–Trinajstić information content (AvgIpc) is 3.14. The minimum Gasteiger partial charge on any atom is -0.452 e. The van der Waals surface area contributed by atoms with Crippen molar-refractivity contribution in [3.05, 3.63) is 58.0 Å². The number of para-hydroxylation sites is 1. The topological polar surface area (TPSA) is 97.4 Å². The molecule has 1 heterocycles. The van der Waals surface area contributed by atoms with Gasteiger partial charge in [-0.2, -0.15) is 0 Å². The van der Waals surface area contributed by atoms with Gasteiger partial charge in [0.2, 0.25) is 5.91 Å². The van der Waals surface area contributed by atoms with Crippen LogP contribution >= 0.6 is 27.3 Å². The number of rotatable bonds is 6. The van der Waals surface area contributed by atoms with E-state index in [2.05, 4.69) is 31.5 Å². The fourth-order valence-corrected chi connectivity index (χ4v) is 3.28. The number of fused-ring (bicyclic) bond motifs is 1. The molecular weight excluding hydrogens is 434 g/mol. The Kier molecular flexibility index (Phi) is 6.15. The summed E-state index contributed by atoms with van der Waals surface area (Å²) in [4.78, 5) is 39.8. The highest BCUT2D eigenvalue weighted by Crippen LogP contribution is 2.21. The fraction of sp³-hybridized carbons (Fsp3) is 0.111. The second kappa shape index (κ2) is 8.74. The van der Waals surface area contributed by atoms with Gasteiger partial charge in [-0.1, -0.05) is 12.1 Å². The van der Waals surface area contributed by atoms with Gasteiger partial charge in [-0.15, -0.1) is 11.3 Å². The first-order valence-corrected chi connectivity index (χ1v) is 9.51. The van der Waals surface area contributed by atoms with E-state index in [1.807, 2.05) is 6.07 Å². The van der Waals surface area contributed by atoms with Gasteiger partial charge in [0.05, 0.1) is 33.5 Å². The molecule has 0 aliphatic heterocycles. The van der Waals surface area contributed by atoms with Crippen molar-refractivity contribution in [2.75, 3.05) is 18.5 Å². The van der Waals surface area contributed by atoms with E-state index in [1.54, 1.807) is 41.9 Å². The first kappa shape index (κ1) is 19.0. The number of thiazole rings is 1. The third-order valence-electron chi connectivity index (χ3n) is 3.50. The van der Waals surface area contributed by atoms with Crippen molar-refractivity contribution in [1.82, 2.24) is 10.3 Å². The Labute approximate surface area is 166 Å². The maximum atomic E-state index is 12.0. The van der Waals surface area contributed by atoms with Gasteiger partial charge in [0.15, 0.2) is 6.61 Å². The van der Waals surface area contributed by atoms with Gasteiger partial charge >= 0.3 is 5.97 Å². The molecule has 1 aromatic heterocycles. The molecule has 0 atom stereocenters. The van der Waals surface area contributed by atoms with E-state index in [-0.39, 0.29) is 6.54 Å². The van der Waals surface area contributed by atoms with Crippen LogP contribution in [0.25, 0.3) is 10.2 Å². The van der Waals surface area contributed by atoms with Crippen LogP contribution in [0.5, 0.6) is 0 Å². The van der Waals surface area contributed by atoms with Crippen LogP contribution in [-0.2, 0) is 14.3 Å². The number of hydrogen-bond donors (Lipinski definition) is 2. The van der Waals surface area contributed by atoms with Crippen molar-refractivity contribution >= 4 is 61.0 Å². The Morgan fingerprint density at radius 1 is 1.11 bits per heavy atom. The molecule has 0 aliphatic carbocycles. The molecule has 0 saturated carbocycles. The van der Waals surface area contributed by atoms with Gasteiger partial charge in [0, 0.05) is 4.47 Å². The van der Waals surface area contributed by atoms with Gasteiger partial charge in [-0.05, 0) is 46.3 Å². The number of aromatic nitrogens is 1. The van der Waals surface area contributed by atoms with Gasteiger partial charge in [0.1, 0.15) is 0 Å². The summed E-state index contributed by atoms with van der Waals surface area (Å²) >= 11 is 4.73. The Morgan fingerprint density at radius 2 is 1.93 bits per heavy atom. The summed E-state index contributed by atoms with van der Waals surface area (Å²) in [6.07, 6.45) is 0. The quantitative estimate of drug-likeness (QED) is 0.566. The van der Waals surface area contributed by atoms with Crippen molar-refractivity contribution in [3.8, 4) is 0 Å². The van der Waals surface area contributed by atoms with Gasteiger partial charge < -0.3 is 15.4 Å². The van der Waals surface area contributed by atoms with E-state index in [0.717, 1.165) is 14.7 Å². The SMILES string of the molecule is O=C(COC(=O)c1ccc2ncsc2c1)NCC(=O)Nc1ccccc1Br. The summed E-state index contributed by atoms with van der Waals surface area (Å²) in [7, 11) is 0. The molecule has 2 aromatic carbocycles. The summed E-state index contributed by atoms with van der Waals surface area (Å²) < 4.78 is 6.57. The Morgan fingerprint density at radius 3 is 2.74 bits per heavy atom. The van der Waals surface area contributed by atoms with E-state index in [4.69, 9.17) is 4.74 Å². The fourth-order valence-electron chi connectivity index (χ4n) is 2.18. The van der Waals surface area contributed by atoms with E-state index < -0.39 is 24.4 Å². The number of hydrogen-bond acceptors (Lipinski definition) is 6. The monoisotopic (exact) mass is 447 g/mol. The van der Waals surface area contributed by atoms with E-state index in [9.17, 15) is 14.4 Å². The Hall–Kier alpha value is -2.78. The largest absolute Gasteiger partial charge is 0.452 e. The van der Waals surface area contributed by atoms with E-state index in [1.165, 1.54) is 11.3 Å². The first-order chi connectivity index (χ1) is 13.0. The number of ether oxygens (including phenoxy) is 1. The van der Waals surface area contributed by atoms with Gasteiger partial charge in [-0.3, -0.25) is 9.59 Å². The minimum atomic E-state index is -0.613. The summed E-state index contributed by atoms with van der Waals surface area (Å²) in [6, 6.07) is 12.1. The highest BCUT2D eigenvalue weighted by atomic mass is 79.9. The molecule has 0 fully saturated rings. The lowest BCUT2D eigenvalue weighted by Crippen LogP contribution is -2.35. The third-order valence-corrected chi connectivity index (χ3v) is 4.98. The molecule has 7 nitrogen and oxygen atoms in total. The number of nitrogens with one attached hydrogen (secondary N) is 2. The normalized spacial score (nSPS) is 10.4.